The van der Waals surface area contributed by atoms with Gasteiger partial charge in [0, 0.05) is 18.1 Å². The molecule has 0 aliphatic carbocycles. The number of benzene rings is 2. The first kappa shape index (κ1) is 18.4. The van der Waals surface area contributed by atoms with Gasteiger partial charge in [-0.25, -0.2) is 23.1 Å². The number of anilines is 3. The van der Waals surface area contributed by atoms with Crippen LogP contribution >= 0.6 is 0 Å². The van der Waals surface area contributed by atoms with Crippen molar-refractivity contribution in [2.24, 2.45) is 0 Å². The van der Waals surface area contributed by atoms with Crippen LogP contribution in [0.2, 0.25) is 0 Å². The molecule has 0 atom stereocenters. The summed E-state index contributed by atoms with van der Waals surface area (Å²) in [6, 6.07) is 7.52. The largest absolute Gasteiger partial charge is 0.324 e. The lowest BCUT2D eigenvalue weighted by molar-refractivity contribution is 0.102. The van der Waals surface area contributed by atoms with E-state index in [4.69, 9.17) is 0 Å². The van der Waals surface area contributed by atoms with Crippen LogP contribution in [0, 0.1) is 31.3 Å². The summed E-state index contributed by atoms with van der Waals surface area (Å²) in [4.78, 5) is 20.2. The summed E-state index contributed by atoms with van der Waals surface area (Å²) in [5, 5.41) is 5.18. The van der Waals surface area contributed by atoms with Crippen molar-refractivity contribution in [3.05, 3.63) is 76.9 Å². The van der Waals surface area contributed by atoms with Crippen molar-refractivity contribution in [2.45, 2.75) is 13.8 Å². The zero-order valence-corrected chi connectivity index (χ0v) is 14.5. The van der Waals surface area contributed by atoms with Gasteiger partial charge in [0.05, 0.1) is 11.3 Å². The Kier molecular flexibility index (Phi) is 5.07. The van der Waals surface area contributed by atoms with Gasteiger partial charge >= 0.3 is 0 Å². The molecule has 5 nitrogen and oxygen atoms in total. The van der Waals surface area contributed by atoms with E-state index in [9.17, 15) is 18.0 Å². The summed E-state index contributed by atoms with van der Waals surface area (Å²) >= 11 is 0. The van der Waals surface area contributed by atoms with Crippen LogP contribution in [0.1, 0.15) is 21.5 Å². The molecule has 3 aromatic rings. The number of carbonyl (C=O) groups excluding carboxylic acids is 1. The molecule has 1 aromatic heterocycles. The van der Waals surface area contributed by atoms with Gasteiger partial charge in [-0.2, -0.15) is 0 Å². The first-order valence-corrected chi connectivity index (χ1v) is 7.95. The van der Waals surface area contributed by atoms with Crippen LogP contribution < -0.4 is 10.6 Å². The molecule has 0 radical (unpaired) electrons. The molecule has 2 aromatic carbocycles. The first-order valence-electron chi connectivity index (χ1n) is 7.95. The van der Waals surface area contributed by atoms with Gasteiger partial charge < -0.3 is 10.6 Å². The molecule has 3 rings (SSSR count). The van der Waals surface area contributed by atoms with Crippen molar-refractivity contribution in [1.82, 2.24) is 9.97 Å². The van der Waals surface area contributed by atoms with Gasteiger partial charge in [0.25, 0.3) is 5.91 Å². The first-order chi connectivity index (χ1) is 12.8. The highest BCUT2D eigenvalue weighted by Gasteiger charge is 2.16. The average Bonchev–Trinajstić information content (AvgIpc) is 2.62. The lowest BCUT2D eigenvalue weighted by atomic mass is 10.1. The number of aromatic nitrogens is 2. The maximum atomic E-state index is 13.6. The number of aryl methyl sites for hydroxylation is 2. The molecule has 138 valence electrons. The monoisotopic (exact) mass is 372 g/mol. The molecule has 1 heterocycles. The molecule has 8 heteroatoms. The van der Waals surface area contributed by atoms with Crippen LogP contribution in [-0.4, -0.2) is 15.9 Å². The molecular weight excluding hydrogens is 357 g/mol. The van der Waals surface area contributed by atoms with Gasteiger partial charge in [-0.1, -0.05) is 6.07 Å². The highest BCUT2D eigenvalue weighted by atomic mass is 19.2. The lowest BCUT2D eigenvalue weighted by Crippen LogP contribution is -2.15. The van der Waals surface area contributed by atoms with Gasteiger partial charge in [-0.3, -0.25) is 4.79 Å². The second-order valence-electron chi connectivity index (χ2n) is 5.97. The van der Waals surface area contributed by atoms with Crippen molar-refractivity contribution in [1.29, 1.82) is 0 Å². The topological polar surface area (TPSA) is 66.9 Å². The Hall–Kier alpha value is -3.42. The summed E-state index contributed by atoms with van der Waals surface area (Å²) in [7, 11) is 0. The van der Waals surface area contributed by atoms with Crippen molar-refractivity contribution in [2.75, 3.05) is 10.6 Å². The predicted octanol–water partition coefficient (Wildman–Crippen LogP) is 4.51. The van der Waals surface area contributed by atoms with Crippen LogP contribution in [0.15, 0.2) is 42.7 Å². The molecule has 1 amide bonds. The third kappa shape index (κ3) is 4.22. The lowest BCUT2D eigenvalue weighted by Gasteiger charge is -2.09. The van der Waals surface area contributed by atoms with Crippen molar-refractivity contribution >= 4 is 23.2 Å². The molecule has 2 N–H and O–H groups in total. The van der Waals surface area contributed by atoms with Crippen LogP contribution in [0.25, 0.3) is 0 Å². The predicted molar refractivity (Wildman–Crippen MR) is 95.5 cm³/mol. The second-order valence-corrected chi connectivity index (χ2v) is 5.97. The van der Waals surface area contributed by atoms with E-state index < -0.39 is 29.0 Å². The van der Waals surface area contributed by atoms with Crippen LogP contribution in [0.5, 0.6) is 0 Å². The summed E-state index contributed by atoms with van der Waals surface area (Å²) in [5.74, 6) is -4.95. The van der Waals surface area contributed by atoms with E-state index in [1.165, 1.54) is 12.4 Å². The third-order valence-corrected chi connectivity index (χ3v) is 3.68. The van der Waals surface area contributed by atoms with Crippen molar-refractivity contribution in [3.63, 3.8) is 0 Å². The maximum Gasteiger partial charge on any atom is 0.258 e. The molecule has 0 saturated heterocycles. The van der Waals surface area contributed by atoms with Crippen molar-refractivity contribution in [3.8, 4) is 0 Å². The summed E-state index contributed by atoms with van der Waals surface area (Å²) in [6.07, 6.45) is 2.48. The zero-order chi connectivity index (χ0) is 19.6. The number of rotatable bonds is 4. The number of nitrogens with one attached hydrogen (secondary N) is 2. The van der Waals surface area contributed by atoms with Gasteiger partial charge in [0.1, 0.15) is 0 Å². The quantitative estimate of drug-likeness (QED) is 0.662. The van der Waals surface area contributed by atoms with E-state index in [1.54, 1.807) is 0 Å². The second kappa shape index (κ2) is 7.45. The normalized spacial score (nSPS) is 10.6. The molecule has 0 fully saturated rings. The number of hydrogen-bond acceptors (Lipinski definition) is 4. The van der Waals surface area contributed by atoms with Crippen LogP contribution in [0.3, 0.4) is 0 Å². The highest BCUT2D eigenvalue weighted by Crippen LogP contribution is 2.21. The average molecular weight is 372 g/mol. The van der Waals surface area contributed by atoms with Crippen molar-refractivity contribution < 1.29 is 18.0 Å². The molecule has 0 unspecified atom stereocenters. The Morgan fingerprint density at radius 3 is 2.19 bits per heavy atom. The molecule has 0 spiro atoms. The van der Waals surface area contributed by atoms with E-state index >= 15 is 0 Å². The van der Waals surface area contributed by atoms with E-state index in [0.29, 0.717) is 0 Å². The number of nitrogens with zero attached hydrogens (tertiary/aromatic N) is 2. The number of carbonyl (C=O) groups is 1. The van der Waals surface area contributed by atoms with Crippen LogP contribution in [0.4, 0.5) is 30.5 Å². The Bertz CT molecular complexity index is 986. The maximum absolute atomic E-state index is 13.6. The van der Waals surface area contributed by atoms with Gasteiger partial charge in [-0.15, -0.1) is 0 Å². The molecule has 0 aliphatic rings. The summed E-state index contributed by atoms with van der Waals surface area (Å²) in [5.41, 5.74) is 2.50. The number of hydrogen-bond donors (Lipinski definition) is 2. The minimum Gasteiger partial charge on any atom is -0.324 e. The fraction of sp³-hybridized carbons (Fsp3) is 0.105. The highest BCUT2D eigenvalue weighted by molar-refractivity contribution is 6.04. The number of halogens is 3. The van der Waals surface area contributed by atoms with E-state index in [2.05, 4.69) is 20.6 Å². The number of amides is 1. The minimum absolute atomic E-state index is 0.0325. The smallest absolute Gasteiger partial charge is 0.258 e. The van der Waals surface area contributed by atoms with Crippen LogP contribution in [-0.2, 0) is 0 Å². The molecule has 0 bridgehead atoms. The minimum atomic E-state index is -1.66. The summed E-state index contributed by atoms with van der Waals surface area (Å²) < 4.78 is 39.8. The molecule has 27 heavy (non-hydrogen) atoms. The van der Waals surface area contributed by atoms with Gasteiger partial charge in [0.2, 0.25) is 5.95 Å². The third-order valence-electron chi connectivity index (χ3n) is 3.68. The molecule has 0 aliphatic heterocycles. The fourth-order valence-corrected chi connectivity index (χ4v) is 2.50. The zero-order valence-electron chi connectivity index (χ0n) is 14.5. The Morgan fingerprint density at radius 1 is 0.926 bits per heavy atom. The van der Waals surface area contributed by atoms with E-state index in [1.807, 2.05) is 32.0 Å². The Labute approximate surface area is 153 Å². The van der Waals surface area contributed by atoms with Gasteiger partial charge in [0.15, 0.2) is 17.5 Å². The van der Waals surface area contributed by atoms with E-state index in [-0.39, 0.29) is 11.5 Å². The fourth-order valence-electron chi connectivity index (χ4n) is 2.50. The standard InChI is InChI=1S/C19H15F3N4O/c1-10-5-11(2)7-13(6-10)25-19-23-8-12(9-24-19)18(27)26-15-4-3-14(20)16(21)17(15)22/h3-9H,1-2H3,(H,26,27)(H,23,24,25). The SMILES string of the molecule is Cc1cc(C)cc(Nc2ncc(C(=O)Nc3ccc(F)c(F)c3F)cn2)c1. The molecular formula is C19H15F3N4O. The van der Waals surface area contributed by atoms with Gasteiger partial charge in [-0.05, 0) is 49.2 Å². The summed E-state index contributed by atoms with van der Waals surface area (Å²) in [6.45, 7) is 3.92. The molecule has 0 saturated carbocycles. The Balaban J connectivity index is 1.73. The Morgan fingerprint density at radius 2 is 1.56 bits per heavy atom. The van der Waals surface area contributed by atoms with E-state index in [0.717, 1.165) is 28.9 Å².